The third-order valence-electron chi connectivity index (χ3n) is 3.71. The van der Waals surface area contributed by atoms with E-state index in [1.807, 2.05) is 13.8 Å². The number of halogens is 3. The molecule has 1 saturated heterocycles. The zero-order chi connectivity index (χ0) is 15.8. The molecule has 21 heavy (non-hydrogen) atoms. The van der Waals surface area contributed by atoms with E-state index in [-0.39, 0.29) is 26.8 Å². The fraction of sp³-hybridized carbons (Fsp3) is 0.571. The van der Waals surface area contributed by atoms with Crippen molar-refractivity contribution in [2.24, 2.45) is 5.41 Å². The van der Waals surface area contributed by atoms with Gasteiger partial charge < -0.3 is 0 Å². The predicted octanol–water partition coefficient (Wildman–Crippen LogP) is 4.03. The Balaban J connectivity index is 2.47. The van der Waals surface area contributed by atoms with Gasteiger partial charge in [-0.2, -0.15) is 4.31 Å². The highest BCUT2D eigenvalue weighted by atomic mass is 35.5. The third kappa shape index (κ3) is 3.52. The molecule has 0 unspecified atom stereocenters. The van der Waals surface area contributed by atoms with Crippen LogP contribution in [0.5, 0.6) is 0 Å². The second kappa shape index (κ2) is 6.03. The van der Waals surface area contributed by atoms with Gasteiger partial charge in [0.25, 0.3) is 0 Å². The molecule has 118 valence electrons. The summed E-state index contributed by atoms with van der Waals surface area (Å²) in [7, 11) is -3.90. The molecule has 0 saturated carbocycles. The minimum Gasteiger partial charge on any atom is -0.207 e. The van der Waals surface area contributed by atoms with Gasteiger partial charge in [-0.15, -0.1) is 11.6 Å². The van der Waals surface area contributed by atoms with Gasteiger partial charge in [0.05, 0.1) is 5.88 Å². The summed E-state index contributed by atoms with van der Waals surface area (Å²) in [6.07, 6.45) is 1.71. The second-order valence-corrected chi connectivity index (χ2v) is 8.73. The average Bonchev–Trinajstić information content (AvgIpc) is 2.39. The smallest absolute Gasteiger partial charge is 0.207 e. The van der Waals surface area contributed by atoms with Crippen molar-refractivity contribution in [2.45, 2.75) is 37.5 Å². The largest absolute Gasteiger partial charge is 0.246 e. The lowest BCUT2D eigenvalue weighted by Crippen LogP contribution is -2.43. The van der Waals surface area contributed by atoms with E-state index in [0.29, 0.717) is 13.1 Å². The quantitative estimate of drug-likeness (QED) is 0.769. The molecule has 0 N–H and O–H groups in total. The van der Waals surface area contributed by atoms with Crippen LogP contribution < -0.4 is 0 Å². The van der Waals surface area contributed by atoms with Crippen molar-refractivity contribution in [3.05, 3.63) is 28.5 Å². The molecule has 2 rings (SSSR count). The molecule has 0 spiro atoms. The summed E-state index contributed by atoms with van der Waals surface area (Å²) in [6, 6.07) is 2.51. The Morgan fingerprint density at radius 3 is 2.62 bits per heavy atom. The van der Waals surface area contributed by atoms with E-state index >= 15 is 0 Å². The molecule has 0 atom stereocenters. The molecule has 3 nitrogen and oxygen atoms in total. The standard InChI is InChI=1S/C14H18Cl2FNO2S/c1-14(2)4-3-5-18(9-14)21(19,20)12-7-11(16)6-10(8-15)13(12)17/h6-7H,3-5,8-9H2,1-2H3. The molecule has 0 amide bonds. The van der Waals surface area contributed by atoms with Crippen LogP contribution in [-0.2, 0) is 15.9 Å². The fourth-order valence-electron chi connectivity index (χ4n) is 2.62. The number of hydrogen-bond donors (Lipinski definition) is 0. The molecule has 1 heterocycles. The van der Waals surface area contributed by atoms with Crippen LogP contribution in [0.15, 0.2) is 17.0 Å². The summed E-state index contributed by atoms with van der Waals surface area (Å²) in [5, 5.41) is 0.168. The maximum absolute atomic E-state index is 14.3. The molecular formula is C14H18Cl2FNO2S. The minimum atomic E-state index is -3.90. The highest BCUT2D eigenvalue weighted by Crippen LogP contribution is 2.34. The number of benzene rings is 1. The van der Waals surface area contributed by atoms with Crippen LogP contribution in [-0.4, -0.2) is 25.8 Å². The first-order chi connectivity index (χ1) is 9.67. The van der Waals surface area contributed by atoms with Crippen LogP contribution in [0.2, 0.25) is 5.02 Å². The lowest BCUT2D eigenvalue weighted by Gasteiger charge is -2.37. The molecule has 1 aromatic rings. The van der Waals surface area contributed by atoms with E-state index < -0.39 is 15.8 Å². The molecule has 0 aliphatic carbocycles. The van der Waals surface area contributed by atoms with E-state index in [9.17, 15) is 12.8 Å². The molecule has 1 aliphatic rings. The van der Waals surface area contributed by atoms with E-state index in [4.69, 9.17) is 23.2 Å². The average molecular weight is 354 g/mol. The number of alkyl halides is 1. The van der Waals surface area contributed by atoms with Crippen LogP contribution in [0.4, 0.5) is 4.39 Å². The van der Waals surface area contributed by atoms with E-state index in [2.05, 4.69) is 0 Å². The van der Waals surface area contributed by atoms with Crippen molar-refractivity contribution in [1.29, 1.82) is 0 Å². The van der Waals surface area contributed by atoms with Crippen molar-refractivity contribution < 1.29 is 12.8 Å². The second-order valence-electron chi connectivity index (χ2n) is 6.12. The molecule has 1 fully saturated rings. The highest BCUT2D eigenvalue weighted by Gasteiger charge is 2.36. The monoisotopic (exact) mass is 353 g/mol. The maximum atomic E-state index is 14.3. The van der Waals surface area contributed by atoms with Gasteiger partial charge in [-0.1, -0.05) is 25.4 Å². The lowest BCUT2D eigenvalue weighted by atomic mass is 9.85. The molecule has 7 heteroatoms. The topological polar surface area (TPSA) is 37.4 Å². The molecule has 0 aromatic heterocycles. The normalized spacial score (nSPS) is 19.7. The van der Waals surface area contributed by atoms with Crippen molar-refractivity contribution >= 4 is 33.2 Å². The van der Waals surface area contributed by atoms with Crippen LogP contribution in [0, 0.1) is 11.2 Å². The summed E-state index contributed by atoms with van der Waals surface area (Å²) in [5.41, 5.74) is -0.0191. The number of piperidine rings is 1. The number of sulfonamides is 1. The van der Waals surface area contributed by atoms with Crippen molar-refractivity contribution in [2.75, 3.05) is 13.1 Å². The van der Waals surface area contributed by atoms with Gasteiger partial charge in [-0.3, -0.25) is 0 Å². The molecule has 1 aromatic carbocycles. The van der Waals surface area contributed by atoms with Gasteiger partial charge in [0, 0.05) is 23.7 Å². The Hall–Kier alpha value is -0.360. The van der Waals surface area contributed by atoms with E-state index in [1.165, 1.54) is 10.4 Å². The van der Waals surface area contributed by atoms with Crippen LogP contribution >= 0.6 is 23.2 Å². The molecule has 1 aliphatic heterocycles. The summed E-state index contributed by atoms with van der Waals surface area (Å²) in [4.78, 5) is -0.386. The fourth-order valence-corrected chi connectivity index (χ4v) is 4.92. The Morgan fingerprint density at radius 2 is 2.05 bits per heavy atom. The first kappa shape index (κ1) is 17.0. The zero-order valence-electron chi connectivity index (χ0n) is 12.0. The van der Waals surface area contributed by atoms with Crippen LogP contribution in [0.25, 0.3) is 0 Å². The maximum Gasteiger partial charge on any atom is 0.246 e. The number of nitrogens with zero attached hydrogens (tertiary/aromatic N) is 1. The predicted molar refractivity (Wildman–Crippen MR) is 82.7 cm³/mol. The SMILES string of the molecule is CC1(C)CCCN(S(=O)(=O)c2cc(Cl)cc(CCl)c2F)C1. The van der Waals surface area contributed by atoms with Gasteiger partial charge in [-0.05, 0) is 30.4 Å². The Morgan fingerprint density at radius 1 is 1.38 bits per heavy atom. The van der Waals surface area contributed by atoms with Gasteiger partial charge in [-0.25, -0.2) is 12.8 Å². The van der Waals surface area contributed by atoms with Gasteiger partial charge in [0.2, 0.25) is 10.0 Å². The summed E-state index contributed by atoms with van der Waals surface area (Å²) >= 11 is 11.5. The number of hydrogen-bond acceptors (Lipinski definition) is 2. The van der Waals surface area contributed by atoms with Gasteiger partial charge in [0.15, 0.2) is 0 Å². The highest BCUT2D eigenvalue weighted by molar-refractivity contribution is 7.89. The van der Waals surface area contributed by atoms with Crippen molar-refractivity contribution in [1.82, 2.24) is 4.31 Å². The van der Waals surface area contributed by atoms with Gasteiger partial charge in [0.1, 0.15) is 10.7 Å². The lowest BCUT2D eigenvalue weighted by molar-refractivity contribution is 0.186. The Bertz CT molecular complexity index is 647. The minimum absolute atomic E-state index is 0.0963. The zero-order valence-corrected chi connectivity index (χ0v) is 14.3. The van der Waals surface area contributed by atoms with Crippen LogP contribution in [0.1, 0.15) is 32.3 Å². The van der Waals surface area contributed by atoms with E-state index in [1.54, 1.807) is 0 Å². The molecule has 0 radical (unpaired) electrons. The third-order valence-corrected chi connectivity index (χ3v) is 6.06. The summed E-state index contributed by atoms with van der Waals surface area (Å²) < 4.78 is 41.1. The van der Waals surface area contributed by atoms with E-state index in [0.717, 1.165) is 18.9 Å². The van der Waals surface area contributed by atoms with Gasteiger partial charge >= 0.3 is 0 Å². The van der Waals surface area contributed by atoms with Crippen molar-refractivity contribution in [3.8, 4) is 0 Å². The number of rotatable bonds is 3. The Kier molecular flexibility index (Phi) is 4.88. The summed E-state index contributed by atoms with van der Waals surface area (Å²) in [6.45, 7) is 4.78. The first-order valence-electron chi connectivity index (χ1n) is 6.71. The van der Waals surface area contributed by atoms with Crippen LogP contribution in [0.3, 0.4) is 0 Å². The molecular weight excluding hydrogens is 336 g/mol. The Labute approximate surface area is 135 Å². The summed E-state index contributed by atoms with van der Waals surface area (Å²) in [5.74, 6) is -0.932. The molecule has 0 bridgehead atoms. The van der Waals surface area contributed by atoms with Crippen molar-refractivity contribution in [3.63, 3.8) is 0 Å². The first-order valence-corrected chi connectivity index (χ1v) is 9.07.